The summed E-state index contributed by atoms with van der Waals surface area (Å²) in [5, 5.41) is 8.59. The summed E-state index contributed by atoms with van der Waals surface area (Å²) in [5.41, 5.74) is 0. The molecule has 0 aromatic heterocycles. The van der Waals surface area contributed by atoms with Gasteiger partial charge in [-0.1, -0.05) is 11.6 Å². The molecule has 2 N–H and O–H groups in total. The molecule has 19 heavy (non-hydrogen) atoms. The molecular weight excluding hydrogens is 297 g/mol. The first-order valence-corrected chi connectivity index (χ1v) is 6.77. The summed E-state index contributed by atoms with van der Waals surface area (Å²) >= 11 is 5.65. The molecule has 0 bridgehead atoms. The van der Waals surface area contributed by atoms with Crippen molar-refractivity contribution in [2.75, 3.05) is 0 Å². The number of terminal acetylenes is 1. The molecule has 0 radical (unpaired) electrons. The van der Waals surface area contributed by atoms with Crippen LogP contribution in [0.5, 0.6) is 0 Å². The van der Waals surface area contributed by atoms with Gasteiger partial charge >= 0.3 is 5.97 Å². The van der Waals surface area contributed by atoms with E-state index >= 15 is 0 Å². The summed E-state index contributed by atoms with van der Waals surface area (Å²) in [5.74, 6) is -0.213. The first-order valence-electron chi connectivity index (χ1n) is 4.91. The summed E-state index contributed by atoms with van der Waals surface area (Å²) in [6.45, 7) is 0. The third-order valence-electron chi connectivity index (χ3n) is 2.10. The van der Waals surface area contributed by atoms with Gasteiger partial charge in [-0.15, -0.1) is 12.3 Å². The van der Waals surface area contributed by atoms with Crippen LogP contribution in [0.1, 0.15) is 6.42 Å². The number of rotatable bonds is 5. The van der Waals surface area contributed by atoms with Crippen LogP contribution in [0, 0.1) is 18.2 Å². The number of hydrogen-bond acceptors (Lipinski definition) is 3. The van der Waals surface area contributed by atoms with E-state index in [-0.39, 0.29) is 11.4 Å². The third-order valence-corrected chi connectivity index (χ3v) is 4.05. The Morgan fingerprint density at radius 1 is 1.58 bits per heavy atom. The lowest BCUT2D eigenvalue weighted by Crippen LogP contribution is -2.40. The number of benzene rings is 1. The number of carboxylic acids is 1. The summed E-state index contributed by atoms with van der Waals surface area (Å²) in [7, 11) is -4.28. The van der Waals surface area contributed by atoms with Gasteiger partial charge in [-0.05, 0) is 18.2 Å². The maximum Gasteiger partial charge on any atom is 0.322 e. The van der Waals surface area contributed by atoms with E-state index in [0.29, 0.717) is 6.07 Å². The fourth-order valence-corrected chi connectivity index (χ4v) is 2.93. The second kappa shape index (κ2) is 6.02. The van der Waals surface area contributed by atoms with Gasteiger partial charge in [0.1, 0.15) is 16.8 Å². The lowest BCUT2D eigenvalue weighted by Gasteiger charge is -2.13. The molecule has 0 aliphatic heterocycles. The Kier molecular flexibility index (Phi) is 4.89. The first kappa shape index (κ1) is 15.4. The normalized spacial score (nSPS) is 12.7. The molecular formula is C11H9ClFNO4S. The highest BCUT2D eigenvalue weighted by molar-refractivity contribution is 7.89. The van der Waals surface area contributed by atoms with Crippen molar-refractivity contribution in [3.8, 4) is 12.3 Å². The van der Waals surface area contributed by atoms with Crippen LogP contribution in [0.3, 0.4) is 0 Å². The summed E-state index contributed by atoms with van der Waals surface area (Å²) in [4.78, 5) is 10.3. The molecule has 0 fully saturated rings. The predicted octanol–water partition coefficient (Wildman–Crippen LogP) is 1.23. The number of carbonyl (C=O) groups is 1. The molecule has 0 aliphatic carbocycles. The summed E-state index contributed by atoms with van der Waals surface area (Å²) < 4.78 is 38.7. The van der Waals surface area contributed by atoms with Crippen molar-refractivity contribution < 1.29 is 22.7 Å². The number of nitrogens with one attached hydrogen (secondary N) is 1. The van der Waals surface area contributed by atoms with Gasteiger partial charge in [0.15, 0.2) is 0 Å². The van der Waals surface area contributed by atoms with Gasteiger partial charge in [-0.25, -0.2) is 12.8 Å². The lowest BCUT2D eigenvalue weighted by molar-refractivity contribution is -0.138. The number of aliphatic carboxylic acids is 1. The maximum atomic E-state index is 13.0. The van der Waals surface area contributed by atoms with Crippen LogP contribution < -0.4 is 4.72 Å². The van der Waals surface area contributed by atoms with Crippen LogP contribution in [0.15, 0.2) is 23.1 Å². The zero-order chi connectivity index (χ0) is 14.6. The van der Waals surface area contributed by atoms with E-state index in [2.05, 4.69) is 0 Å². The lowest BCUT2D eigenvalue weighted by atomic mass is 10.2. The van der Waals surface area contributed by atoms with Crippen molar-refractivity contribution >= 4 is 27.6 Å². The van der Waals surface area contributed by atoms with Gasteiger partial charge in [0.05, 0.1) is 5.02 Å². The molecule has 1 unspecified atom stereocenters. The zero-order valence-electron chi connectivity index (χ0n) is 9.43. The fraction of sp³-hybridized carbons (Fsp3) is 0.182. The van der Waals surface area contributed by atoms with Crippen molar-refractivity contribution in [1.82, 2.24) is 4.72 Å². The highest BCUT2D eigenvalue weighted by Gasteiger charge is 2.26. The van der Waals surface area contributed by atoms with E-state index in [0.717, 1.165) is 12.1 Å². The number of carboxylic acid groups (broad SMARTS) is 1. The van der Waals surface area contributed by atoms with Gasteiger partial charge in [-0.3, -0.25) is 4.79 Å². The molecule has 5 nitrogen and oxygen atoms in total. The highest BCUT2D eigenvalue weighted by atomic mass is 35.5. The van der Waals surface area contributed by atoms with Crippen LogP contribution in [-0.2, 0) is 14.8 Å². The molecule has 1 atom stereocenters. The van der Waals surface area contributed by atoms with E-state index in [4.69, 9.17) is 23.1 Å². The van der Waals surface area contributed by atoms with Crippen LogP contribution in [0.2, 0.25) is 5.02 Å². The average Bonchev–Trinajstić information content (AvgIpc) is 2.31. The molecule has 0 spiro atoms. The van der Waals surface area contributed by atoms with Gasteiger partial charge in [-0.2, -0.15) is 4.72 Å². The van der Waals surface area contributed by atoms with Crippen LogP contribution in [0.4, 0.5) is 4.39 Å². The van der Waals surface area contributed by atoms with Crippen molar-refractivity contribution in [1.29, 1.82) is 0 Å². The van der Waals surface area contributed by atoms with E-state index in [1.807, 2.05) is 10.6 Å². The molecule has 0 amide bonds. The largest absolute Gasteiger partial charge is 0.480 e. The van der Waals surface area contributed by atoms with Crippen LogP contribution in [-0.4, -0.2) is 25.5 Å². The van der Waals surface area contributed by atoms with E-state index in [1.165, 1.54) is 0 Å². The SMILES string of the molecule is C#CCC(NS(=O)(=O)c1cc(F)ccc1Cl)C(=O)O. The molecule has 0 saturated heterocycles. The molecule has 1 aromatic carbocycles. The van der Waals surface area contributed by atoms with Gasteiger partial charge in [0.2, 0.25) is 10.0 Å². The van der Waals surface area contributed by atoms with Crippen molar-refractivity contribution in [2.45, 2.75) is 17.4 Å². The van der Waals surface area contributed by atoms with E-state index in [9.17, 15) is 17.6 Å². The number of hydrogen-bond donors (Lipinski definition) is 2. The Bertz CT molecular complexity index is 639. The Balaban J connectivity index is 3.14. The molecule has 102 valence electrons. The second-order valence-corrected chi connectivity index (χ2v) is 5.58. The monoisotopic (exact) mass is 305 g/mol. The predicted molar refractivity (Wildman–Crippen MR) is 66.6 cm³/mol. The van der Waals surface area contributed by atoms with Crippen LogP contribution in [0.25, 0.3) is 0 Å². The van der Waals surface area contributed by atoms with Gasteiger partial charge < -0.3 is 5.11 Å². The van der Waals surface area contributed by atoms with Gasteiger partial charge in [0.25, 0.3) is 0 Å². The molecule has 0 saturated carbocycles. The smallest absolute Gasteiger partial charge is 0.322 e. The van der Waals surface area contributed by atoms with Gasteiger partial charge in [0, 0.05) is 6.42 Å². The van der Waals surface area contributed by atoms with E-state index in [1.54, 1.807) is 0 Å². The Labute approximate surface area is 114 Å². The fourth-order valence-electron chi connectivity index (χ4n) is 1.23. The minimum absolute atomic E-state index is 0.223. The average molecular weight is 306 g/mol. The Morgan fingerprint density at radius 2 is 2.21 bits per heavy atom. The van der Waals surface area contributed by atoms with E-state index < -0.39 is 32.7 Å². The third kappa shape index (κ3) is 3.92. The van der Waals surface area contributed by atoms with Crippen LogP contribution >= 0.6 is 11.6 Å². The second-order valence-electron chi connectivity index (χ2n) is 3.50. The highest BCUT2D eigenvalue weighted by Crippen LogP contribution is 2.22. The van der Waals surface area contributed by atoms with Crippen molar-refractivity contribution in [3.63, 3.8) is 0 Å². The minimum atomic E-state index is -4.28. The molecule has 8 heteroatoms. The topological polar surface area (TPSA) is 83.5 Å². The molecule has 1 rings (SSSR count). The summed E-state index contributed by atoms with van der Waals surface area (Å²) in [6.07, 6.45) is 4.60. The molecule has 0 heterocycles. The zero-order valence-corrected chi connectivity index (χ0v) is 11.0. The summed E-state index contributed by atoms with van der Waals surface area (Å²) in [6, 6.07) is 1.23. The van der Waals surface area contributed by atoms with Crippen molar-refractivity contribution in [2.24, 2.45) is 0 Å². The quantitative estimate of drug-likeness (QED) is 0.802. The number of sulfonamides is 1. The minimum Gasteiger partial charge on any atom is -0.480 e. The van der Waals surface area contributed by atoms with Crippen molar-refractivity contribution in [3.05, 3.63) is 29.0 Å². The Morgan fingerprint density at radius 3 is 2.74 bits per heavy atom. The molecule has 0 aliphatic rings. The maximum absolute atomic E-state index is 13.0. The molecule has 1 aromatic rings. The first-order chi connectivity index (χ1) is 8.77. The standard InChI is InChI=1S/C11H9ClFNO4S/c1-2-3-9(11(15)16)14-19(17,18)10-6-7(13)4-5-8(10)12/h1,4-6,9,14H,3H2,(H,15,16). The number of halogens is 2. The Hall–Kier alpha value is -1.62.